The molecule has 1 aliphatic rings. The minimum absolute atomic E-state index is 0.107. The summed E-state index contributed by atoms with van der Waals surface area (Å²) in [7, 11) is -2.34. The molecular weight excluding hydrogens is 407 g/mol. The summed E-state index contributed by atoms with van der Waals surface area (Å²) in [5.74, 6) is -0.473. The highest BCUT2D eigenvalue weighted by atomic mass is 32.2. The Labute approximate surface area is 166 Å². The lowest BCUT2D eigenvalue weighted by Crippen LogP contribution is -2.29. The van der Waals surface area contributed by atoms with E-state index in [1.807, 2.05) is 0 Å². The molecule has 0 amide bonds. The highest BCUT2D eigenvalue weighted by Gasteiger charge is 2.34. The largest absolute Gasteiger partial charge is 0.433 e. The predicted molar refractivity (Wildman–Crippen MR) is 102 cm³/mol. The Morgan fingerprint density at radius 1 is 1.17 bits per heavy atom. The number of Topliss-reactive ketones (excluding diaryl/α,β-unsaturated/α-hetero) is 1. The van der Waals surface area contributed by atoms with Crippen molar-refractivity contribution in [2.24, 2.45) is 5.92 Å². The zero-order valence-electron chi connectivity index (χ0n) is 16.1. The third-order valence-electron chi connectivity index (χ3n) is 5.18. The first-order valence-corrected chi connectivity index (χ1v) is 11.3. The van der Waals surface area contributed by atoms with Crippen LogP contribution in [0, 0.1) is 5.92 Å². The van der Waals surface area contributed by atoms with Gasteiger partial charge in [0.05, 0.1) is 5.69 Å². The van der Waals surface area contributed by atoms with E-state index in [1.165, 1.54) is 19.2 Å². The first-order chi connectivity index (χ1) is 13.5. The van der Waals surface area contributed by atoms with E-state index in [-0.39, 0.29) is 34.0 Å². The molecule has 1 N–H and O–H groups in total. The number of hydrogen-bond acceptors (Lipinski definition) is 6. The van der Waals surface area contributed by atoms with Crippen molar-refractivity contribution in [3.63, 3.8) is 0 Å². The summed E-state index contributed by atoms with van der Waals surface area (Å²) in [4.78, 5) is 20.9. The molecule has 0 radical (unpaired) electrons. The fourth-order valence-electron chi connectivity index (χ4n) is 3.76. The molecule has 1 atom stereocenters. The molecule has 1 fully saturated rings. The number of ketones is 1. The Morgan fingerprint density at radius 3 is 2.38 bits per heavy atom. The molecule has 2 aromatic rings. The summed E-state index contributed by atoms with van der Waals surface area (Å²) >= 11 is 0. The number of hydrogen-bond donors (Lipinski definition) is 1. The molecule has 0 aromatic carbocycles. The second-order valence-corrected chi connectivity index (χ2v) is 9.49. The topological polar surface area (TPSA) is 89.0 Å². The molecule has 1 unspecified atom stereocenters. The number of alkyl halides is 3. The van der Waals surface area contributed by atoms with E-state index < -0.39 is 27.1 Å². The highest BCUT2D eigenvalue weighted by Crippen LogP contribution is 2.33. The lowest BCUT2D eigenvalue weighted by molar-refractivity contribution is -0.141. The number of rotatable bonds is 5. The zero-order valence-corrected chi connectivity index (χ0v) is 16.9. The molecule has 2 aromatic heterocycles. The number of nitrogens with zero attached hydrogens (tertiary/aromatic N) is 2. The number of sulfone groups is 1. The molecule has 0 aliphatic heterocycles. The Hall–Kier alpha value is -2.07. The molecule has 10 heteroatoms. The number of halogens is 3. The van der Waals surface area contributed by atoms with Crippen LogP contribution >= 0.6 is 0 Å². The van der Waals surface area contributed by atoms with Gasteiger partial charge in [0.2, 0.25) is 0 Å². The minimum atomic E-state index is -4.66. The molecule has 1 aliphatic carbocycles. The lowest BCUT2D eigenvalue weighted by atomic mass is 9.83. The van der Waals surface area contributed by atoms with E-state index in [2.05, 4.69) is 15.3 Å². The van der Waals surface area contributed by atoms with Crippen molar-refractivity contribution in [3.8, 4) is 0 Å². The summed E-state index contributed by atoms with van der Waals surface area (Å²) in [5, 5.41) is 1.54. The number of aromatic nitrogens is 2. The molecule has 0 bridgehead atoms. The molecule has 3 rings (SSSR count). The second-order valence-electron chi connectivity index (χ2n) is 7.36. The van der Waals surface area contributed by atoms with Crippen LogP contribution in [0.5, 0.6) is 0 Å². The SMILES string of the molecule is CNC(c1nc2nc(C(F)(F)F)ccc2cc1C(=O)C1CCCCC1)S(C)(=O)=O. The fraction of sp³-hybridized carbons (Fsp3) is 0.526. The van der Waals surface area contributed by atoms with Crippen LogP contribution < -0.4 is 5.32 Å². The summed E-state index contributed by atoms with van der Waals surface area (Å²) in [6, 6.07) is 3.44. The van der Waals surface area contributed by atoms with Crippen LogP contribution in [0.1, 0.15) is 59.2 Å². The molecule has 29 heavy (non-hydrogen) atoms. The quantitative estimate of drug-likeness (QED) is 0.730. The van der Waals surface area contributed by atoms with Gasteiger partial charge in [0.15, 0.2) is 26.6 Å². The monoisotopic (exact) mass is 429 g/mol. The van der Waals surface area contributed by atoms with Crippen LogP contribution in [-0.4, -0.2) is 37.5 Å². The Bertz CT molecular complexity index is 1030. The van der Waals surface area contributed by atoms with Crippen LogP contribution in [-0.2, 0) is 16.0 Å². The van der Waals surface area contributed by atoms with E-state index in [0.717, 1.165) is 31.6 Å². The number of fused-ring (bicyclic) bond motifs is 1. The van der Waals surface area contributed by atoms with Gasteiger partial charge in [-0.3, -0.25) is 10.1 Å². The van der Waals surface area contributed by atoms with Crippen LogP contribution in [0.15, 0.2) is 18.2 Å². The summed E-state index contributed by atoms with van der Waals surface area (Å²) in [5.41, 5.74) is -1.37. The zero-order chi connectivity index (χ0) is 21.4. The summed E-state index contributed by atoms with van der Waals surface area (Å²) in [6.07, 6.45) is 0.574. The van der Waals surface area contributed by atoms with Gasteiger partial charge in [-0.25, -0.2) is 18.4 Å². The fourth-order valence-corrected chi connectivity index (χ4v) is 4.77. The van der Waals surface area contributed by atoms with Crippen molar-refractivity contribution in [1.29, 1.82) is 0 Å². The first kappa shape index (κ1) is 21.6. The number of pyridine rings is 2. The van der Waals surface area contributed by atoms with Gasteiger partial charge in [0, 0.05) is 23.1 Å². The van der Waals surface area contributed by atoms with Gasteiger partial charge in [0.1, 0.15) is 5.69 Å². The molecule has 0 spiro atoms. The number of carbonyl (C=O) groups is 1. The average molecular weight is 429 g/mol. The molecule has 6 nitrogen and oxygen atoms in total. The van der Waals surface area contributed by atoms with Crippen molar-refractivity contribution >= 4 is 26.7 Å². The minimum Gasteiger partial charge on any atom is -0.299 e. The maximum Gasteiger partial charge on any atom is 0.433 e. The van der Waals surface area contributed by atoms with E-state index >= 15 is 0 Å². The van der Waals surface area contributed by atoms with E-state index in [4.69, 9.17) is 0 Å². The van der Waals surface area contributed by atoms with Crippen LogP contribution in [0.4, 0.5) is 13.2 Å². The molecule has 158 valence electrons. The molecule has 1 saturated carbocycles. The lowest BCUT2D eigenvalue weighted by Gasteiger charge is -2.23. The third kappa shape index (κ3) is 4.58. The first-order valence-electron chi connectivity index (χ1n) is 9.31. The number of carbonyl (C=O) groups excluding carboxylic acids is 1. The molecule has 0 saturated heterocycles. The highest BCUT2D eigenvalue weighted by molar-refractivity contribution is 7.90. The van der Waals surface area contributed by atoms with Gasteiger partial charge in [-0.05, 0) is 38.1 Å². The van der Waals surface area contributed by atoms with Gasteiger partial charge in [-0.2, -0.15) is 13.2 Å². The molecular formula is C19H22F3N3O3S. The van der Waals surface area contributed by atoms with E-state index in [9.17, 15) is 26.4 Å². The van der Waals surface area contributed by atoms with Gasteiger partial charge in [-0.15, -0.1) is 0 Å². The van der Waals surface area contributed by atoms with Crippen LogP contribution in [0.2, 0.25) is 0 Å². The van der Waals surface area contributed by atoms with Crippen molar-refractivity contribution in [2.75, 3.05) is 13.3 Å². The van der Waals surface area contributed by atoms with Gasteiger partial charge >= 0.3 is 6.18 Å². The van der Waals surface area contributed by atoms with Crippen molar-refractivity contribution in [1.82, 2.24) is 15.3 Å². The van der Waals surface area contributed by atoms with Gasteiger partial charge in [0.25, 0.3) is 0 Å². The Morgan fingerprint density at radius 2 is 1.83 bits per heavy atom. The summed E-state index contributed by atoms with van der Waals surface area (Å²) in [6.45, 7) is 0. The Kier molecular flexibility index (Phi) is 5.96. The maximum atomic E-state index is 13.2. The second kappa shape index (κ2) is 7.98. The van der Waals surface area contributed by atoms with Crippen LogP contribution in [0.25, 0.3) is 11.0 Å². The standard InChI is InChI=1S/C19H22F3N3O3S/c1-23-18(29(2,27)28)15-13(16(26)11-6-4-3-5-7-11)10-12-8-9-14(19(20,21)22)24-17(12)25-15/h8-11,18,23H,3-7H2,1-2H3. The Balaban J connectivity index is 2.21. The van der Waals surface area contributed by atoms with Crippen LogP contribution in [0.3, 0.4) is 0 Å². The van der Waals surface area contributed by atoms with Gasteiger partial charge < -0.3 is 0 Å². The van der Waals surface area contributed by atoms with Crippen molar-refractivity contribution in [2.45, 2.75) is 43.7 Å². The van der Waals surface area contributed by atoms with E-state index in [0.29, 0.717) is 12.8 Å². The van der Waals surface area contributed by atoms with Crippen molar-refractivity contribution in [3.05, 3.63) is 35.2 Å². The van der Waals surface area contributed by atoms with Gasteiger partial charge in [-0.1, -0.05) is 19.3 Å². The van der Waals surface area contributed by atoms with E-state index in [1.54, 1.807) is 0 Å². The summed E-state index contributed by atoms with van der Waals surface area (Å²) < 4.78 is 63.6. The molecule has 2 heterocycles. The van der Waals surface area contributed by atoms with Crippen molar-refractivity contribution < 1.29 is 26.4 Å². The smallest absolute Gasteiger partial charge is 0.299 e. The average Bonchev–Trinajstić information content (AvgIpc) is 2.66. The number of nitrogens with one attached hydrogen (secondary N) is 1. The third-order valence-corrected chi connectivity index (χ3v) is 6.49. The normalized spacial score (nSPS) is 17.4. The maximum absolute atomic E-state index is 13.2. The predicted octanol–water partition coefficient (Wildman–Crippen LogP) is 3.67.